The molecule has 0 bridgehead atoms. The van der Waals surface area contributed by atoms with Crippen LogP contribution in [0.5, 0.6) is 5.75 Å². The van der Waals surface area contributed by atoms with Crippen LogP contribution in [0.3, 0.4) is 0 Å². The largest absolute Gasteiger partial charge is 0.484 e. The van der Waals surface area contributed by atoms with Crippen molar-refractivity contribution in [3.63, 3.8) is 0 Å². The molecule has 1 fully saturated rings. The molecule has 1 aliphatic heterocycles. The van der Waals surface area contributed by atoms with E-state index < -0.39 is 0 Å². The van der Waals surface area contributed by atoms with Crippen molar-refractivity contribution in [2.75, 3.05) is 19.7 Å². The number of para-hydroxylation sites is 1. The lowest BCUT2D eigenvalue weighted by Crippen LogP contribution is -2.41. The number of nitrogens with one attached hydrogen (secondary N) is 1. The number of ether oxygens (including phenoxy) is 1. The van der Waals surface area contributed by atoms with Gasteiger partial charge in [-0.05, 0) is 50.5 Å². The van der Waals surface area contributed by atoms with E-state index in [0.717, 1.165) is 19.3 Å². The second-order valence-corrected chi connectivity index (χ2v) is 7.45. The van der Waals surface area contributed by atoms with E-state index in [1.54, 1.807) is 17.0 Å². The highest BCUT2D eigenvalue weighted by atomic mass is 16.5. The molecule has 3 heterocycles. The molecule has 2 aromatic heterocycles. The van der Waals surface area contributed by atoms with Crippen molar-refractivity contribution >= 4 is 11.8 Å². The number of likely N-dealkylation sites (tertiary alicyclic amines) is 1. The minimum atomic E-state index is -0.304. The SMILES string of the molecule is CCNC(=O)c1cc(-c2noc([C@H]3CCCCN3C(=O)COc3ccccc3)n2)ccn1. The van der Waals surface area contributed by atoms with Crippen molar-refractivity contribution in [3.8, 4) is 17.1 Å². The first-order valence-electron chi connectivity index (χ1n) is 10.7. The predicted octanol–water partition coefficient (Wildman–Crippen LogP) is 3.01. The third-order valence-electron chi connectivity index (χ3n) is 5.24. The van der Waals surface area contributed by atoms with E-state index in [4.69, 9.17) is 9.26 Å². The number of amides is 2. The van der Waals surface area contributed by atoms with Gasteiger partial charge in [-0.15, -0.1) is 0 Å². The number of nitrogens with zero attached hydrogens (tertiary/aromatic N) is 4. The predicted molar refractivity (Wildman–Crippen MR) is 116 cm³/mol. The van der Waals surface area contributed by atoms with Gasteiger partial charge in [0.2, 0.25) is 11.7 Å². The Morgan fingerprint density at radius 2 is 2.06 bits per heavy atom. The van der Waals surface area contributed by atoms with Gasteiger partial charge in [0.15, 0.2) is 6.61 Å². The summed E-state index contributed by atoms with van der Waals surface area (Å²) in [7, 11) is 0. The molecule has 1 atom stereocenters. The monoisotopic (exact) mass is 435 g/mol. The molecular formula is C23H25N5O4. The molecule has 1 N–H and O–H groups in total. The fraction of sp³-hybridized carbons (Fsp3) is 0.348. The second-order valence-electron chi connectivity index (χ2n) is 7.45. The lowest BCUT2D eigenvalue weighted by molar-refractivity contribution is -0.138. The fourth-order valence-electron chi connectivity index (χ4n) is 3.66. The lowest BCUT2D eigenvalue weighted by atomic mass is 10.0. The first-order chi connectivity index (χ1) is 15.7. The van der Waals surface area contributed by atoms with Gasteiger partial charge in [-0.2, -0.15) is 4.98 Å². The van der Waals surface area contributed by atoms with E-state index in [2.05, 4.69) is 20.4 Å². The zero-order chi connectivity index (χ0) is 22.3. The minimum Gasteiger partial charge on any atom is -0.484 e. The van der Waals surface area contributed by atoms with Gasteiger partial charge >= 0.3 is 0 Å². The van der Waals surface area contributed by atoms with Gasteiger partial charge in [0, 0.05) is 24.8 Å². The molecule has 0 saturated carbocycles. The summed E-state index contributed by atoms with van der Waals surface area (Å²) in [5.41, 5.74) is 0.903. The summed E-state index contributed by atoms with van der Waals surface area (Å²) in [6.45, 7) is 2.91. The quantitative estimate of drug-likeness (QED) is 0.607. The van der Waals surface area contributed by atoms with E-state index in [9.17, 15) is 9.59 Å². The molecule has 0 unspecified atom stereocenters. The van der Waals surface area contributed by atoms with Crippen molar-refractivity contribution in [2.45, 2.75) is 32.2 Å². The molecule has 32 heavy (non-hydrogen) atoms. The van der Waals surface area contributed by atoms with Crippen molar-refractivity contribution in [1.82, 2.24) is 25.3 Å². The Bertz CT molecular complexity index is 1070. The van der Waals surface area contributed by atoms with Crippen LogP contribution in [-0.4, -0.2) is 51.5 Å². The van der Waals surface area contributed by atoms with Gasteiger partial charge in [-0.3, -0.25) is 14.6 Å². The molecule has 2 amide bonds. The maximum atomic E-state index is 12.9. The van der Waals surface area contributed by atoms with Crippen LogP contribution < -0.4 is 10.1 Å². The Morgan fingerprint density at radius 3 is 2.88 bits per heavy atom. The van der Waals surface area contributed by atoms with Gasteiger partial charge in [-0.1, -0.05) is 23.4 Å². The molecule has 9 heteroatoms. The van der Waals surface area contributed by atoms with Crippen molar-refractivity contribution in [2.24, 2.45) is 0 Å². The Balaban J connectivity index is 1.48. The Morgan fingerprint density at radius 1 is 1.22 bits per heavy atom. The smallest absolute Gasteiger partial charge is 0.269 e. The van der Waals surface area contributed by atoms with E-state index in [1.807, 2.05) is 37.3 Å². The number of carbonyl (C=O) groups is 2. The first kappa shape index (κ1) is 21.5. The van der Waals surface area contributed by atoms with E-state index in [0.29, 0.717) is 36.1 Å². The van der Waals surface area contributed by atoms with Gasteiger partial charge in [0.25, 0.3) is 11.8 Å². The highest BCUT2D eigenvalue weighted by Crippen LogP contribution is 2.31. The highest BCUT2D eigenvalue weighted by Gasteiger charge is 2.32. The Kier molecular flexibility index (Phi) is 6.74. The average Bonchev–Trinajstić information content (AvgIpc) is 3.34. The van der Waals surface area contributed by atoms with Crippen LogP contribution in [0, 0.1) is 0 Å². The van der Waals surface area contributed by atoms with E-state index in [-0.39, 0.29) is 30.2 Å². The number of piperidine rings is 1. The summed E-state index contributed by atoms with van der Waals surface area (Å²) in [4.78, 5) is 35.3. The summed E-state index contributed by atoms with van der Waals surface area (Å²) < 4.78 is 11.2. The molecule has 0 radical (unpaired) electrons. The topological polar surface area (TPSA) is 110 Å². The van der Waals surface area contributed by atoms with Crippen LogP contribution in [0.2, 0.25) is 0 Å². The van der Waals surface area contributed by atoms with Crippen molar-refractivity contribution in [3.05, 3.63) is 60.2 Å². The fourth-order valence-corrected chi connectivity index (χ4v) is 3.66. The summed E-state index contributed by atoms with van der Waals surface area (Å²) >= 11 is 0. The summed E-state index contributed by atoms with van der Waals surface area (Å²) in [5.74, 6) is 0.993. The molecule has 1 saturated heterocycles. The number of benzene rings is 1. The van der Waals surface area contributed by atoms with Crippen LogP contribution in [0.4, 0.5) is 0 Å². The molecule has 3 aromatic rings. The van der Waals surface area contributed by atoms with E-state index in [1.165, 1.54) is 6.20 Å². The Hall–Kier alpha value is -3.75. The number of aromatic nitrogens is 3. The number of pyridine rings is 1. The van der Waals surface area contributed by atoms with Crippen molar-refractivity contribution in [1.29, 1.82) is 0 Å². The van der Waals surface area contributed by atoms with Gasteiger partial charge in [0.05, 0.1) is 0 Å². The maximum absolute atomic E-state index is 12.9. The van der Waals surface area contributed by atoms with Crippen LogP contribution in [0.1, 0.15) is 48.6 Å². The standard InChI is InChI=1S/C23H25N5O4/c1-2-24-22(30)18-14-16(11-12-25-18)21-26-23(32-27-21)19-10-6-7-13-28(19)20(29)15-31-17-8-4-3-5-9-17/h3-5,8-9,11-12,14,19H,2,6-7,10,13,15H2,1H3,(H,24,30)/t19-/m1/s1. The molecule has 166 valence electrons. The molecule has 4 rings (SSSR count). The average molecular weight is 435 g/mol. The highest BCUT2D eigenvalue weighted by molar-refractivity contribution is 5.93. The summed E-state index contributed by atoms with van der Waals surface area (Å²) in [6.07, 6.45) is 4.14. The zero-order valence-corrected chi connectivity index (χ0v) is 17.9. The number of carbonyl (C=O) groups excluding carboxylic acids is 2. The third kappa shape index (κ3) is 4.93. The van der Waals surface area contributed by atoms with Gasteiger partial charge in [0.1, 0.15) is 17.5 Å². The minimum absolute atomic E-state index is 0.0538. The van der Waals surface area contributed by atoms with Crippen LogP contribution in [0.25, 0.3) is 11.4 Å². The molecule has 0 aliphatic carbocycles. The summed E-state index contributed by atoms with van der Waals surface area (Å²) in [5, 5.41) is 6.80. The second kappa shape index (κ2) is 10.0. The van der Waals surface area contributed by atoms with Crippen molar-refractivity contribution < 1.29 is 18.8 Å². The van der Waals surface area contributed by atoms with E-state index >= 15 is 0 Å². The first-order valence-corrected chi connectivity index (χ1v) is 10.7. The molecule has 1 aromatic carbocycles. The molecular weight excluding hydrogens is 410 g/mol. The molecule has 1 aliphatic rings. The number of hydrogen-bond acceptors (Lipinski definition) is 7. The molecule has 9 nitrogen and oxygen atoms in total. The van der Waals surface area contributed by atoms with Gasteiger partial charge < -0.3 is 19.5 Å². The lowest BCUT2D eigenvalue weighted by Gasteiger charge is -2.33. The Labute approximate surface area is 185 Å². The van der Waals surface area contributed by atoms with Gasteiger partial charge in [-0.25, -0.2) is 0 Å². The zero-order valence-electron chi connectivity index (χ0n) is 17.9. The summed E-state index contributed by atoms with van der Waals surface area (Å²) in [6, 6.07) is 12.3. The third-order valence-corrected chi connectivity index (χ3v) is 5.24. The molecule has 0 spiro atoms. The normalized spacial score (nSPS) is 15.9. The van der Waals surface area contributed by atoms with Crippen LogP contribution >= 0.6 is 0 Å². The number of rotatable bonds is 7. The number of hydrogen-bond donors (Lipinski definition) is 1. The van der Waals surface area contributed by atoms with Crippen LogP contribution in [-0.2, 0) is 4.79 Å². The maximum Gasteiger partial charge on any atom is 0.269 e. The van der Waals surface area contributed by atoms with Crippen LogP contribution in [0.15, 0.2) is 53.2 Å².